The SMILES string of the molecule is Clc1ncc(I)c2nc[nH]c12. The molecule has 0 radical (unpaired) electrons. The van der Waals surface area contributed by atoms with Crippen LogP contribution in [0, 0.1) is 3.57 Å². The number of halogens is 2. The Kier molecular flexibility index (Phi) is 1.72. The van der Waals surface area contributed by atoms with E-state index < -0.39 is 0 Å². The van der Waals surface area contributed by atoms with Gasteiger partial charge in [-0.25, -0.2) is 9.97 Å². The molecular formula is C6H3ClIN3. The average Bonchev–Trinajstić information content (AvgIpc) is 2.45. The lowest BCUT2D eigenvalue weighted by molar-refractivity contribution is 1.32. The van der Waals surface area contributed by atoms with Gasteiger partial charge in [0.25, 0.3) is 0 Å². The van der Waals surface area contributed by atoms with Crippen molar-refractivity contribution < 1.29 is 0 Å². The maximum atomic E-state index is 5.78. The Balaban J connectivity index is 2.96. The Bertz CT molecular complexity index is 362. The normalized spacial score (nSPS) is 10.7. The van der Waals surface area contributed by atoms with Crippen LogP contribution in [0.2, 0.25) is 5.15 Å². The summed E-state index contributed by atoms with van der Waals surface area (Å²) in [7, 11) is 0. The molecule has 1 N–H and O–H groups in total. The molecule has 0 atom stereocenters. The first-order chi connectivity index (χ1) is 5.29. The van der Waals surface area contributed by atoms with Gasteiger partial charge < -0.3 is 4.98 Å². The lowest BCUT2D eigenvalue weighted by atomic mass is 10.4. The second-order valence-electron chi connectivity index (χ2n) is 2.02. The maximum Gasteiger partial charge on any atom is 0.154 e. The molecule has 0 aromatic carbocycles. The van der Waals surface area contributed by atoms with E-state index >= 15 is 0 Å². The molecule has 0 spiro atoms. The molecule has 2 rings (SSSR count). The molecule has 0 unspecified atom stereocenters. The van der Waals surface area contributed by atoms with E-state index in [-0.39, 0.29) is 0 Å². The molecule has 2 aromatic heterocycles. The number of nitrogens with zero attached hydrogens (tertiary/aromatic N) is 2. The predicted molar refractivity (Wildman–Crippen MR) is 51.6 cm³/mol. The van der Waals surface area contributed by atoms with Gasteiger partial charge in [0.15, 0.2) is 5.15 Å². The highest BCUT2D eigenvalue weighted by atomic mass is 127. The Labute approximate surface area is 81.3 Å². The molecule has 11 heavy (non-hydrogen) atoms. The summed E-state index contributed by atoms with van der Waals surface area (Å²) >= 11 is 7.95. The zero-order valence-electron chi connectivity index (χ0n) is 5.31. The Morgan fingerprint density at radius 2 is 2.27 bits per heavy atom. The van der Waals surface area contributed by atoms with Gasteiger partial charge in [-0.1, -0.05) is 11.6 Å². The second-order valence-corrected chi connectivity index (χ2v) is 3.54. The third-order valence-electron chi connectivity index (χ3n) is 1.36. The molecule has 56 valence electrons. The van der Waals surface area contributed by atoms with Crippen LogP contribution in [0.5, 0.6) is 0 Å². The van der Waals surface area contributed by atoms with Crippen LogP contribution in [0.3, 0.4) is 0 Å². The Morgan fingerprint density at radius 3 is 3.00 bits per heavy atom. The number of hydrogen-bond donors (Lipinski definition) is 1. The number of aromatic nitrogens is 3. The quantitative estimate of drug-likeness (QED) is 0.593. The molecule has 0 aliphatic rings. The van der Waals surface area contributed by atoms with E-state index in [9.17, 15) is 0 Å². The third-order valence-corrected chi connectivity index (χ3v) is 2.44. The highest BCUT2D eigenvalue weighted by molar-refractivity contribution is 14.1. The summed E-state index contributed by atoms with van der Waals surface area (Å²) in [5, 5.41) is 0.470. The van der Waals surface area contributed by atoms with Crippen molar-refractivity contribution in [2.75, 3.05) is 0 Å². The summed E-state index contributed by atoms with van der Waals surface area (Å²) in [6.07, 6.45) is 3.31. The monoisotopic (exact) mass is 279 g/mol. The first kappa shape index (κ1) is 7.30. The van der Waals surface area contributed by atoms with Crippen LogP contribution in [0.15, 0.2) is 12.5 Å². The molecule has 5 heteroatoms. The minimum absolute atomic E-state index is 0.470. The fraction of sp³-hybridized carbons (Fsp3) is 0. The number of pyridine rings is 1. The zero-order valence-corrected chi connectivity index (χ0v) is 8.22. The molecule has 3 nitrogen and oxygen atoms in total. The van der Waals surface area contributed by atoms with Crippen LogP contribution >= 0.6 is 34.2 Å². The van der Waals surface area contributed by atoms with E-state index in [2.05, 4.69) is 37.5 Å². The number of H-pyrrole nitrogens is 1. The van der Waals surface area contributed by atoms with E-state index in [4.69, 9.17) is 11.6 Å². The lowest BCUT2D eigenvalue weighted by Gasteiger charge is -1.92. The van der Waals surface area contributed by atoms with E-state index in [0.29, 0.717) is 5.15 Å². The largest absolute Gasteiger partial charge is 0.342 e. The smallest absolute Gasteiger partial charge is 0.154 e. The van der Waals surface area contributed by atoms with Crippen LogP contribution in [0.25, 0.3) is 11.0 Å². The van der Waals surface area contributed by atoms with Gasteiger partial charge in [-0.15, -0.1) is 0 Å². The van der Waals surface area contributed by atoms with Gasteiger partial charge in [0.1, 0.15) is 11.0 Å². The summed E-state index contributed by atoms with van der Waals surface area (Å²) in [5.74, 6) is 0. The summed E-state index contributed by atoms with van der Waals surface area (Å²) in [4.78, 5) is 11.0. The Hall–Kier alpha value is -0.360. The van der Waals surface area contributed by atoms with Gasteiger partial charge in [-0.3, -0.25) is 0 Å². The number of aromatic amines is 1. The standard InChI is InChI=1S/C6H3ClIN3/c7-6-5-4(10-2-11-5)3(8)1-9-6/h1-2H,(H,10,11). The number of imidazole rings is 1. The zero-order chi connectivity index (χ0) is 7.84. The van der Waals surface area contributed by atoms with Crippen LogP contribution in [-0.2, 0) is 0 Å². The van der Waals surface area contributed by atoms with Crippen molar-refractivity contribution in [3.63, 3.8) is 0 Å². The molecule has 0 saturated carbocycles. The number of rotatable bonds is 0. The molecule has 2 aromatic rings. The summed E-state index contributed by atoms with van der Waals surface area (Å²) in [6.45, 7) is 0. The molecule has 0 bridgehead atoms. The van der Waals surface area contributed by atoms with Gasteiger partial charge in [-0.05, 0) is 22.6 Å². The molecular weight excluding hydrogens is 276 g/mol. The minimum Gasteiger partial charge on any atom is -0.342 e. The van der Waals surface area contributed by atoms with Crippen molar-refractivity contribution in [2.45, 2.75) is 0 Å². The molecule has 2 heterocycles. The van der Waals surface area contributed by atoms with E-state index in [0.717, 1.165) is 14.6 Å². The van der Waals surface area contributed by atoms with Gasteiger partial charge in [-0.2, -0.15) is 0 Å². The number of nitrogens with one attached hydrogen (secondary N) is 1. The number of fused-ring (bicyclic) bond motifs is 1. The van der Waals surface area contributed by atoms with Crippen molar-refractivity contribution in [1.29, 1.82) is 0 Å². The highest BCUT2D eigenvalue weighted by Crippen LogP contribution is 2.21. The Morgan fingerprint density at radius 1 is 1.45 bits per heavy atom. The van der Waals surface area contributed by atoms with Crippen LogP contribution < -0.4 is 0 Å². The first-order valence-electron chi connectivity index (χ1n) is 2.92. The second kappa shape index (κ2) is 2.60. The van der Waals surface area contributed by atoms with E-state index in [1.54, 1.807) is 12.5 Å². The van der Waals surface area contributed by atoms with Gasteiger partial charge in [0.05, 0.1) is 9.90 Å². The highest BCUT2D eigenvalue weighted by Gasteiger charge is 2.04. The van der Waals surface area contributed by atoms with Crippen LogP contribution in [-0.4, -0.2) is 15.0 Å². The average molecular weight is 279 g/mol. The summed E-state index contributed by atoms with van der Waals surface area (Å²) < 4.78 is 1.00. The van der Waals surface area contributed by atoms with Gasteiger partial charge in [0.2, 0.25) is 0 Å². The fourth-order valence-electron chi connectivity index (χ4n) is 0.872. The fourth-order valence-corrected chi connectivity index (χ4v) is 1.61. The topological polar surface area (TPSA) is 41.6 Å². The van der Waals surface area contributed by atoms with Gasteiger partial charge in [0, 0.05) is 6.20 Å². The first-order valence-corrected chi connectivity index (χ1v) is 4.38. The predicted octanol–water partition coefficient (Wildman–Crippen LogP) is 2.22. The van der Waals surface area contributed by atoms with Crippen molar-refractivity contribution in [3.8, 4) is 0 Å². The van der Waals surface area contributed by atoms with Crippen LogP contribution in [0.4, 0.5) is 0 Å². The van der Waals surface area contributed by atoms with Gasteiger partial charge >= 0.3 is 0 Å². The molecule has 0 aliphatic carbocycles. The lowest BCUT2D eigenvalue weighted by Crippen LogP contribution is -1.81. The maximum absolute atomic E-state index is 5.78. The molecule has 0 saturated heterocycles. The summed E-state index contributed by atoms with van der Waals surface area (Å²) in [5.41, 5.74) is 1.68. The third kappa shape index (κ3) is 1.10. The van der Waals surface area contributed by atoms with E-state index in [1.807, 2.05) is 0 Å². The summed E-state index contributed by atoms with van der Waals surface area (Å²) in [6, 6.07) is 0. The number of hydrogen-bond acceptors (Lipinski definition) is 2. The minimum atomic E-state index is 0.470. The van der Waals surface area contributed by atoms with Crippen LogP contribution in [0.1, 0.15) is 0 Å². The molecule has 0 amide bonds. The molecule has 0 fully saturated rings. The van der Waals surface area contributed by atoms with Crippen molar-refractivity contribution in [1.82, 2.24) is 15.0 Å². The van der Waals surface area contributed by atoms with Crippen molar-refractivity contribution in [3.05, 3.63) is 21.2 Å². The van der Waals surface area contributed by atoms with Crippen molar-refractivity contribution >= 4 is 45.2 Å². The van der Waals surface area contributed by atoms with E-state index in [1.165, 1.54) is 0 Å². The van der Waals surface area contributed by atoms with Crippen molar-refractivity contribution in [2.24, 2.45) is 0 Å². The molecule has 0 aliphatic heterocycles.